The highest BCUT2D eigenvalue weighted by Crippen LogP contribution is 2.29. The molecule has 0 aliphatic carbocycles. The van der Waals surface area contributed by atoms with Crippen LogP contribution in [0.4, 0.5) is 8.78 Å². The molecule has 0 fully saturated rings. The van der Waals surface area contributed by atoms with Crippen LogP contribution in [0.5, 0.6) is 11.5 Å². The molecule has 146 valence electrons. The van der Waals surface area contributed by atoms with Crippen molar-refractivity contribution < 1.29 is 28.2 Å². The Kier molecular flexibility index (Phi) is 8.35. The molecule has 0 saturated heterocycles. The molecule has 2 rings (SSSR count). The van der Waals surface area contributed by atoms with E-state index in [2.05, 4.69) is 10.1 Å². The Balaban J connectivity index is 1.78. The molecule has 0 heterocycles. The molecule has 2 aromatic rings. The maximum absolute atomic E-state index is 12.4. The van der Waals surface area contributed by atoms with Crippen LogP contribution in [0, 0.1) is 0 Å². The summed E-state index contributed by atoms with van der Waals surface area (Å²) in [6.07, 6.45) is -0.639. The molecule has 2 aromatic carbocycles. The van der Waals surface area contributed by atoms with Crippen LogP contribution in [-0.2, 0) is 11.3 Å². The summed E-state index contributed by atoms with van der Waals surface area (Å²) in [5.74, 6) is 0.468. The van der Waals surface area contributed by atoms with Crippen molar-refractivity contribution in [1.29, 1.82) is 0 Å². The van der Waals surface area contributed by atoms with E-state index in [0.717, 1.165) is 5.56 Å². The van der Waals surface area contributed by atoms with Crippen LogP contribution in [-0.4, -0.2) is 36.2 Å². The molecule has 0 aliphatic rings. The number of carbonyl (C=O) groups is 1. The lowest BCUT2D eigenvalue weighted by molar-refractivity contribution is -0.118. The molecule has 8 heteroatoms. The number of thioether (sulfide) groups is 1. The quantitative estimate of drug-likeness (QED) is 0.643. The van der Waals surface area contributed by atoms with Crippen molar-refractivity contribution in [2.75, 3.05) is 18.6 Å². The molecule has 0 spiro atoms. The molecule has 1 atom stereocenters. The van der Waals surface area contributed by atoms with Crippen LogP contribution >= 0.6 is 11.8 Å². The minimum atomic E-state index is -2.96. The summed E-state index contributed by atoms with van der Waals surface area (Å²) in [5.41, 5.74) is 1.41. The summed E-state index contributed by atoms with van der Waals surface area (Å²) in [6.45, 7) is -2.79. The van der Waals surface area contributed by atoms with Crippen molar-refractivity contribution in [2.24, 2.45) is 0 Å². The average Bonchev–Trinajstić information content (AvgIpc) is 2.66. The van der Waals surface area contributed by atoms with Crippen molar-refractivity contribution in [2.45, 2.75) is 19.3 Å². The zero-order chi connectivity index (χ0) is 19.6. The second-order valence-corrected chi connectivity index (χ2v) is 6.61. The second kappa shape index (κ2) is 10.7. The van der Waals surface area contributed by atoms with E-state index >= 15 is 0 Å². The number of halogens is 2. The number of methoxy groups -OCH3 is 1. The summed E-state index contributed by atoms with van der Waals surface area (Å²) in [4.78, 5) is 11.9. The van der Waals surface area contributed by atoms with Gasteiger partial charge in [0.05, 0.1) is 19.0 Å². The lowest BCUT2D eigenvalue weighted by Crippen LogP contribution is -2.25. The maximum Gasteiger partial charge on any atom is 0.387 e. The average molecular weight is 397 g/mol. The van der Waals surface area contributed by atoms with Crippen molar-refractivity contribution >= 4 is 17.7 Å². The minimum Gasteiger partial charge on any atom is -0.493 e. The third-order valence-electron chi connectivity index (χ3n) is 3.63. The number of hydrogen-bond donors (Lipinski definition) is 2. The van der Waals surface area contributed by atoms with Crippen LogP contribution in [0.3, 0.4) is 0 Å². The Morgan fingerprint density at radius 3 is 2.59 bits per heavy atom. The molecule has 0 bridgehead atoms. The topological polar surface area (TPSA) is 67.8 Å². The number of alkyl halides is 2. The Hall–Kier alpha value is -2.32. The second-order valence-electron chi connectivity index (χ2n) is 5.58. The molecule has 27 heavy (non-hydrogen) atoms. The third kappa shape index (κ3) is 7.07. The molecule has 5 nitrogen and oxygen atoms in total. The number of amides is 1. The zero-order valence-corrected chi connectivity index (χ0v) is 15.5. The SMILES string of the molecule is COc1ccc(CNC(=O)CSCC(O)c2ccccc2)cc1OC(F)F. The van der Waals surface area contributed by atoms with Crippen LogP contribution in [0.15, 0.2) is 48.5 Å². The summed E-state index contributed by atoms with van der Waals surface area (Å²) < 4.78 is 34.3. The van der Waals surface area contributed by atoms with E-state index in [4.69, 9.17) is 4.74 Å². The number of ether oxygens (including phenoxy) is 2. The van der Waals surface area contributed by atoms with Gasteiger partial charge in [0.15, 0.2) is 11.5 Å². The first-order chi connectivity index (χ1) is 13.0. The van der Waals surface area contributed by atoms with E-state index in [9.17, 15) is 18.7 Å². The van der Waals surface area contributed by atoms with Gasteiger partial charge in [-0.3, -0.25) is 4.79 Å². The lowest BCUT2D eigenvalue weighted by atomic mass is 10.1. The Bertz CT molecular complexity index is 731. The Morgan fingerprint density at radius 2 is 1.93 bits per heavy atom. The highest BCUT2D eigenvalue weighted by Gasteiger charge is 2.12. The van der Waals surface area contributed by atoms with Gasteiger partial charge in [-0.2, -0.15) is 8.78 Å². The number of rotatable bonds is 10. The van der Waals surface area contributed by atoms with Crippen LogP contribution in [0.2, 0.25) is 0 Å². The van der Waals surface area contributed by atoms with E-state index in [0.29, 0.717) is 11.3 Å². The molecular formula is C19H21F2NO4S. The van der Waals surface area contributed by atoms with Crippen molar-refractivity contribution in [3.8, 4) is 11.5 Å². The van der Waals surface area contributed by atoms with E-state index in [1.54, 1.807) is 6.07 Å². The van der Waals surface area contributed by atoms with Crippen LogP contribution in [0.25, 0.3) is 0 Å². The first-order valence-corrected chi connectivity index (χ1v) is 9.34. The lowest BCUT2D eigenvalue weighted by Gasteiger charge is -2.12. The van der Waals surface area contributed by atoms with Gasteiger partial charge in [0.2, 0.25) is 5.91 Å². The zero-order valence-electron chi connectivity index (χ0n) is 14.7. The summed E-state index contributed by atoms with van der Waals surface area (Å²) in [7, 11) is 1.36. The van der Waals surface area contributed by atoms with Crippen molar-refractivity contribution in [3.63, 3.8) is 0 Å². The van der Waals surface area contributed by atoms with Crippen LogP contribution in [0.1, 0.15) is 17.2 Å². The van der Waals surface area contributed by atoms with Gasteiger partial charge in [-0.25, -0.2) is 0 Å². The highest BCUT2D eigenvalue weighted by molar-refractivity contribution is 7.99. The fourth-order valence-electron chi connectivity index (χ4n) is 2.31. The molecule has 0 radical (unpaired) electrons. The van der Waals surface area contributed by atoms with E-state index in [-0.39, 0.29) is 29.7 Å². The molecule has 1 unspecified atom stereocenters. The van der Waals surface area contributed by atoms with Gasteiger partial charge >= 0.3 is 6.61 Å². The minimum absolute atomic E-state index is 0.0837. The van der Waals surface area contributed by atoms with E-state index < -0.39 is 12.7 Å². The summed E-state index contributed by atoms with van der Waals surface area (Å²) in [6, 6.07) is 13.8. The molecule has 2 N–H and O–H groups in total. The first-order valence-electron chi connectivity index (χ1n) is 8.18. The smallest absolute Gasteiger partial charge is 0.387 e. The molecule has 1 amide bonds. The van der Waals surface area contributed by atoms with Gasteiger partial charge in [0.25, 0.3) is 0 Å². The fourth-order valence-corrected chi connectivity index (χ4v) is 3.13. The molecule has 0 aliphatic heterocycles. The normalized spacial score (nSPS) is 11.9. The van der Waals surface area contributed by atoms with Gasteiger partial charge in [-0.1, -0.05) is 36.4 Å². The summed E-state index contributed by atoms with van der Waals surface area (Å²) >= 11 is 1.31. The van der Waals surface area contributed by atoms with Gasteiger partial charge in [-0.15, -0.1) is 11.8 Å². The third-order valence-corrected chi connectivity index (χ3v) is 4.64. The first kappa shape index (κ1) is 21.0. The largest absolute Gasteiger partial charge is 0.493 e. The highest BCUT2D eigenvalue weighted by atomic mass is 32.2. The number of aliphatic hydroxyl groups excluding tert-OH is 1. The summed E-state index contributed by atoms with van der Waals surface area (Å²) in [5, 5.41) is 12.8. The fraction of sp³-hybridized carbons (Fsp3) is 0.316. The van der Waals surface area contributed by atoms with E-state index in [1.807, 2.05) is 30.3 Å². The maximum atomic E-state index is 12.4. The van der Waals surface area contributed by atoms with Gasteiger partial charge in [0.1, 0.15) is 0 Å². The standard InChI is InChI=1S/C19H21F2NO4S/c1-25-16-8-7-13(9-17(16)26-19(20)21)10-22-18(24)12-27-11-15(23)14-5-3-2-4-6-14/h2-9,15,19,23H,10-12H2,1H3,(H,22,24). The number of nitrogens with one attached hydrogen (secondary N) is 1. The van der Waals surface area contributed by atoms with Gasteiger partial charge in [0, 0.05) is 12.3 Å². The van der Waals surface area contributed by atoms with Crippen molar-refractivity contribution in [3.05, 3.63) is 59.7 Å². The molecule has 0 aromatic heterocycles. The predicted molar refractivity (Wildman–Crippen MR) is 100 cm³/mol. The Labute approximate surface area is 160 Å². The monoisotopic (exact) mass is 397 g/mol. The number of hydrogen-bond acceptors (Lipinski definition) is 5. The predicted octanol–water partition coefficient (Wildman–Crippen LogP) is 3.38. The molecule has 0 saturated carbocycles. The molecular weight excluding hydrogens is 376 g/mol. The number of carbonyl (C=O) groups excluding carboxylic acids is 1. The van der Waals surface area contributed by atoms with E-state index in [1.165, 1.54) is 31.0 Å². The Morgan fingerprint density at radius 1 is 1.19 bits per heavy atom. The number of aliphatic hydroxyl groups is 1. The van der Waals surface area contributed by atoms with Crippen molar-refractivity contribution in [1.82, 2.24) is 5.32 Å². The number of benzene rings is 2. The van der Waals surface area contributed by atoms with Gasteiger partial charge < -0.3 is 19.9 Å². The van der Waals surface area contributed by atoms with Gasteiger partial charge in [-0.05, 0) is 23.3 Å². The van der Waals surface area contributed by atoms with Crippen LogP contribution < -0.4 is 14.8 Å².